The molecule has 0 saturated heterocycles. The third kappa shape index (κ3) is 4.14. The van der Waals surface area contributed by atoms with Crippen molar-refractivity contribution in [3.8, 4) is 0 Å². The summed E-state index contributed by atoms with van der Waals surface area (Å²) in [4.78, 5) is 10.8. The summed E-state index contributed by atoms with van der Waals surface area (Å²) >= 11 is 0. The van der Waals surface area contributed by atoms with E-state index in [-0.39, 0.29) is 7.33 Å². The van der Waals surface area contributed by atoms with E-state index >= 15 is 0 Å². The van der Waals surface area contributed by atoms with Gasteiger partial charge in [0.2, 0.25) is 5.91 Å². The van der Waals surface area contributed by atoms with Gasteiger partial charge in [0.25, 0.3) is 0 Å². The van der Waals surface area contributed by atoms with Crippen molar-refractivity contribution in [2.24, 2.45) is 0 Å². The van der Waals surface area contributed by atoms with Gasteiger partial charge in [-0.1, -0.05) is 26.2 Å². The van der Waals surface area contributed by atoms with Crippen LogP contribution in [-0.4, -0.2) is 5.91 Å². The third-order valence-corrected chi connectivity index (χ3v) is 1.12. The first-order valence-electron chi connectivity index (χ1n) is 3.49. The molecule has 0 aromatic heterocycles. The molecular weight excluding hydrogens is 138 g/mol. The van der Waals surface area contributed by atoms with Gasteiger partial charge in [0.05, 0.1) is 0 Å². The van der Waals surface area contributed by atoms with Crippen LogP contribution < -0.4 is 5.32 Å². The number of carbonyl (C=O) groups is 1. The number of amides is 1. The summed E-state index contributed by atoms with van der Waals surface area (Å²) in [5, 5.41) is 2.65. The van der Waals surface area contributed by atoms with E-state index in [2.05, 4.69) is 18.5 Å². The van der Waals surface area contributed by atoms with Gasteiger partial charge in [0, 0.05) is 13.5 Å². The number of hydrogen-bond donors (Lipinski definition) is 1. The van der Waals surface area contributed by atoms with Gasteiger partial charge >= 0.3 is 0 Å². The molecule has 2 nitrogen and oxygen atoms in total. The molecule has 1 amide bonds. The molecule has 0 saturated carbocycles. The highest BCUT2D eigenvalue weighted by atomic mass is 16.1. The predicted molar refractivity (Wildman–Crippen MR) is 49.0 cm³/mol. The van der Waals surface area contributed by atoms with E-state index in [4.69, 9.17) is 0 Å². The SMILES string of the molecule is C=C/C=C(\C=C)NC(=O)CC.[HH]. The highest BCUT2D eigenvalue weighted by Crippen LogP contribution is 1.91. The van der Waals surface area contributed by atoms with Gasteiger partial charge in [0.15, 0.2) is 0 Å². The van der Waals surface area contributed by atoms with Crippen molar-refractivity contribution in [3.05, 3.63) is 37.1 Å². The highest BCUT2D eigenvalue weighted by molar-refractivity contribution is 5.77. The van der Waals surface area contributed by atoms with Crippen molar-refractivity contribution in [2.45, 2.75) is 13.3 Å². The lowest BCUT2D eigenvalue weighted by Crippen LogP contribution is -2.20. The van der Waals surface area contributed by atoms with Gasteiger partial charge in [-0.3, -0.25) is 4.79 Å². The molecule has 0 radical (unpaired) electrons. The summed E-state index contributed by atoms with van der Waals surface area (Å²) in [5.74, 6) is -0.0157. The van der Waals surface area contributed by atoms with Gasteiger partial charge in [-0.2, -0.15) is 0 Å². The van der Waals surface area contributed by atoms with Crippen LogP contribution in [0.5, 0.6) is 0 Å². The zero-order valence-electron chi connectivity index (χ0n) is 6.76. The average Bonchev–Trinajstić information content (AvgIpc) is 2.03. The van der Waals surface area contributed by atoms with Crippen LogP contribution in [0.15, 0.2) is 37.1 Å². The highest BCUT2D eigenvalue weighted by Gasteiger charge is 1.95. The second kappa shape index (κ2) is 5.47. The number of nitrogens with one attached hydrogen (secondary N) is 1. The van der Waals surface area contributed by atoms with Crippen molar-refractivity contribution in [2.75, 3.05) is 0 Å². The molecule has 0 aromatic rings. The van der Waals surface area contributed by atoms with Crippen LogP contribution in [0.25, 0.3) is 0 Å². The molecule has 0 fully saturated rings. The van der Waals surface area contributed by atoms with E-state index in [0.29, 0.717) is 12.1 Å². The van der Waals surface area contributed by atoms with Crippen molar-refractivity contribution >= 4 is 5.91 Å². The molecule has 0 unspecified atom stereocenters. The van der Waals surface area contributed by atoms with E-state index in [9.17, 15) is 4.79 Å². The Bertz CT molecular complexity index is 197. The molecule has 0 spiro atoms. The van der Waals surface area contributed by atoms with Crippen LogP contribution in [0.1, 0.15) is 14.8 Å². The summed E-state index contributed by atoms with van der Waals surface area (Å²) in [6.45, 7) is 8.84. The lowest BCUT2D eigenvalue weighted by Gasteiger charge is -2.01. The number of allylic oxidation sites excluding steroid dienone is 3. The quantitative estimate of drug-likeness (QED) is 0.615. The Labute approximate surface area is 68.8 Å². The minimum atomic E-state index is -0.0157. The molecule has 0 aliphatic carbocycles. The van der Waals surface area contributed by atoms with Gasteiger partial charge in [-0.05, 0) is 12.2 Å². The topological polar surface area (TPSA) is 29.1 Å². The molecule has 0 aliphatic heterocycles. The fraction of sp³-hybridized carbons (Fsp3) is 0.222. The molecule has 0 aromatic carbocycles. The summed E-state index contributed by atoms with van der Waals surface area (Å²) in [7, 11) is 0. The molecule has 0 bridgehead atoms. The molecule has 0 rings (SSSR count). The molecule has 0 atom stereocenters. The van der Waals surface area contributed by atoms with Crippen LogP contribution in [0.4, 0.5) is 0 Å². The Morgan fingerprint density at radius 3 is 2.64 bits per heavy atom. The largest absolute Gasteiger partial charge is 0.326 e. The lowest BCUT2D eigenvalue weighted by atomic mass is 10.3. The molecular formula is C9H15NO. The Kier molecular flexibility index (Phi) is 4.82. The van der Waals surface area contributed by atoms with Gasteiger partial charge in [-0.15, -0.1) is 0 Å². The molecule has 2 heteroatoms. The van der Waals surface area contributed by atoms with Crippen LogP contribution in [0.3, 0.4) is 0 Å². The van der Waals surface area contributed by atoms with E-state index in [1.54, 1.807) is 25.2 Å². The summed E-state index contributed by atoms with van der Waals surface area (Å²) in [5.41, 5.74) is 0.687. The van der Waals surface area contributed by atoms with Crippen LogP contribution in [0, 0.1) is 0 Å². The maximum Gasteiger partial charge on any atom is 0.224 e. The lowest BCUT2D eigenvalue weighted by molar-refractivity contribution is -0.120. The fourth-order valence-corrected chi connectivity index (χ4v) is 0.537. The van der Waals surface area contributed by atoms with E-state index in [1.165, 1.54) is 0 Å². The Hall–Kier alpha value is -1.31. The number of rotatable bonds is 4. The molecule has 62 valence electrons. The predicted octanol–water partition coefficient (Wildman–Crippen LogP) is 2.01. The van der Waals surface area contributed by atoms with Crippen molar-refractivity contribution in [1.29, 1.82) is 0 Å². The monoisotopic (exact) mass is 153 g/mol. The van der Waals surface area contributed by atoms with E-state index < -0.39 is 0 Å². The van der Waals surface area contributed by atoms with Crippen molar-refractivity contribution in [3.63, 3.8) is 0 Å². The standard InChI is InChI=1S/C9H13NO.H2/c1-4-7-8(5-2)10-9(11)6-3;/h4-5,7H,1-2,6H2,3H3,(H,10,11);1H/b8-7+;. The van der Waals surface area contributed by atoms with Crippen LogP contribution >= 0.6 is 0 Å². The Morgan fingerprint density at radius 2 is 2.27 bits per heavy atom. The Balaban J connectivity index is 0. The van der Waals surface area contributed by atoms with Gasteiger partial charge < -0.3 is 5.32 Å². The Morgan fingerprint density at radius 1 is 1.64 bits per heavy atom. The van der Waals surface area contributed by atoms with Crippen molar-refractivity contribution < 1.29 is 6.22 Å². The van der Waals surface area contributed by atoms with E-state index in [0.717, 1.165) is 0 Å². The van der Waals surface area contributed by atoms with Crippen molar-refractivity contribution in [1.82, 2.24) is 5.32 Å². The molecule has 0 aliphatic rings. The molecule has 11 heavy (non-hydrogen) atoms. The zero-order chi connectivity index (χ0) is 8.69. The maximum absolute atomic E-state index is 10.8. The third-order valence-electron chi connectivity index (χ3n) is 1.12. The number of hydrogen-bond acceptors (Lipinski definition) is 1. The smallest absolute Gasteiger partial charge is 0.224 e. The van der Waals surface area contributed by atoms with Crippen LogP contribution in [0.2, 0.25) is 0 Å². The first-order valence-corrected chi connectivity index (χ1v) is 3.49. The summed E-state index contributed by atoms with van der Waals surface area (Å²) < 4.78 is 0. The fourth-order valence-electron chi connectivity index (χ4n) is 0.537. The van der Waals surface area contributed by atoms with Gasteiger partial charge in [0.1, 0.15) is 0 Å². The summed E-state index contributed by atoms with van der Waals surface area (Å²) in [6.07, 6.45) is 5.35. The van der Waals surface area contributed by atoms with E-state index in [1.807, 2.05) is 0 Å². The van der Waals surface area contributed by atoms with Gasteiger partial charge in [-0.25, -0.2) is 0 Å². The average molecular weight is 153 g/mol. The molecule has 0 heterocycles. The second-order valence-electron chi connectivity index (χ2n) is 1.96. The number of carbonyl (C=O) groups excluding carboxylic acids is 1. The normalized spacial score (nSPS) is 10.5. The first-order chi connectivity index (χ1) is 5.24. The minimum Gasteiger partial charge on any atom is -0.326 e. The van der Waals surface area contributed by atoms with Crippen LogP contribution in [-0.2, 0) is 4.79 Å². The zero-order valence-corrected chi connectivity index (χ0v) is 6.76. The molecule has 1 N–H and O–H groups in total. The first kappa shape index (κ1) is 9.69. The minimum absolute atomic E-state index is 0. The summed E-state index contributed by atoms with van der Waals surface area (Å²) in [6, 6.07) is 0. The maximum atomic E-state index is 10.8. The second-order valence-corrected chi connectivity index (χ2v) is 1.96.